The molecule has 8 nitrogen and oxygen atoms in total. The molecule has 0 amide bonds. The lowest BCUT2D eigenvalue weighted by molar-refractivity contribution is -0.141. The fourth-order valence-corrected chi connectivity index (χ4v) is 2.38. The van der Waals surface area contributed by atoms with E-state index in [1.807, 2.05) is 19.9 Å². The maximum absolute atomic E-state index is 12.9. The SMILES string of the molecule is CC(C)CCc1nc(Nc2ccnc(C#N)c2)nc(-n2ccc(C(F)(F)F)n2)n1. The molecule has 150 valence electrons. The molecular formula is C18H17F3N8. The van der Waals surface area contributed by atoms with Crippen molar-refractivity contribution in [2.45, 2.75) is 32.9 Å². The summed E-state index contributed by atoms with van der Waals surface area (Å²) >= 11 is 0. The van der Waals surface area contributed by atoms with Crippen molar-refractivity contribution in [1.29, 1.82) is 5.26 Å². The van der Waals surface area contributed by atoms with Crippen molar-refractivity contribution >= 4 is 11.6 Å². The van der Waals surface area contributed by atoms with Crippen LogP contribution in [0.2, 0.25) is 0 Å². The summed E-state index contributed by atoms with van der Waals surface area (Å²) in [6, 6.07) is 5.91. The van der Waals surface area contributed by atoms with Crippen LogP contribution in [0.4, 0.5) is 24.8 Å². The molecule has 0 aromatic carbocycles. The van der Waals surface area contributed by atoms with Gasteiger partial charge in [0, 0.05) is 24.5 Å². The second kappa shape index (κ2) is 8.22. The minimum atomic E-state index is -4.56. The summed E-state index contributed by atoms with van der Waals surface area (Å²) in [5.41, 5.74) is -0.324. The Morgan fingerprint density at radius 2 is 2.00 bits per heavy atom. The zero-order valence-corrected chi connectivity index (χ0v) is 15.6. The number of nitrogens with zero attached hydrogens (tertiary/aromatic N) is 7. The van der Waals surface area contributed by atoms with Crippen molar-refractivity contribution < 1.29 is 13.2 Å². The van der Waals surface area contributed by atoms with Crippen LogP contribution in [-0.4, -0.2) is 29.7 Å². The molecule has 3 aromatic rings. The quantitative estimate of drug-likeness (QED) is 0.670. The minimum Gasteiger partial charge on any atom is -0.324 e. The predicted octanol–water partition coefficient (Wildman–Crippen LogP) is 3.67. The zero-order chi connectivity index (χ0) is 21.0. The number of halogens is 3. The molecular weight excluding hydrogens is 385 g/mol. The van der Waals surface area contributed by atoms with Crippen molar-refractivity contribution in [3.05, 3.63) is 47.8 Å². The number of alkyl halides is 3. The van der Waals surface area contributed by atoms with Gasteiger partial charge in [0.2, 0.25) is 5.95 Å². The number of nitriles is 1. The maximum atomic E-state index is 12.9. The molecule has 0 spiro atoms. The Morgan fingerprint density at radius 3 is 2.66 bits per heavy atom. The summed E-state index contributed by atoms with van der Waals surface area (Å²) in [6.07, 6.45) is -0.649. The Bertz CT molecular complexity index is 1040. The highest BCUT2D eigenvalue weighted by Gasteiger charge is 2.34. The van der Waals surface area contributed by atoms with Crippen LogP contribution in [0.15, 0.2) is 30.6 Å². The summed E-state index contributed by atoms with van der Waals surface area (Å²) in [7, 11) is 0. The van der Waals surface area contributed by atoms with Gasteiger partial charge in [-0.3, -0.25) is 0 Å². The third-order valence-electron chi connectivity index (χ3n) is 3.83. The van der Waals surface area contributed by atoms with Crippen molar-refractivity contribution in [3.8, 4) is 12.0 Å². The first-order valence-electron chi connectivity index (χ1n) is 8.76. The molecule has 3 rings (SSSR count). The highest BCUT2D eigenvalue weighted by Crippen LogP contribution is 2.27. The number of hydrogen-bond donors (Lipinski definition) is 1. The van der Waals surface area contributed by atoms with Crippen LogP contribution in [-0.2, 0) is 12.6 Å². The highest BCUT2D eigenvalue weighted by atomic mass is 19.4. The molecule has 0 aliphatic heterocycles. The van der Waals surface area contributed by atoms with E-state index in [1.165, 1.54) is 12.3 Å². The Kier molecular flexibility index (Phi) is 5.72. The first-order valence-corrected chi connectivity index (χ1v) is 8.76. The largest absolute Gasteiger partial charge is 0.435 e. The summed E-state index contributed by atoms with van der Waals surface area (Å²) in [5, 5.41) is 15.4. The second-order valence-electron chi connectivity index (χ2n) is 6.62. The molecule has 29 heavy (non-hydrogen) atoms. The fourth-order valence-electron chi connectivity index (χ4n) is 2.38. The number of aromatic nitrogens is 6. The predicted molar refractivity (Wildman–Crippen MR) is 97.3 cm³/mol. The van der Waals surface area contributed by atoms with Crippen LogP contribution >= 0.6 is 0 Å². The monoisotopic (exact) mass is 402 g/mol. The lowest BCUT2D eigenvalue weighted by Gasteiger charge is -2.10. The van der Waals surface area contributed by atoms with Gasteiger partial charge < -0.3 is 5.32 Å². The van der Waals surface area contributed by atoms with Crippen molar-refractivity contribution in [3.63, 3.8) is 0 Å². The van der Waals surface area contributed by atoms with Crippen LogP contribution in [0.25, 0.3) is 5.95 Å². The van der Waals surface area contributed by atoms with Crippen molar-refractivity contribution in [1.82, 2.24) is 29.7 Å². The van der Waals surface area contributed by atoms with E-state index in [0.29, 0.717) is 23.9 Å². The summed E-state index contributed by atoms with van der Waals surface area (Å²) < 4.78 is 39.6. The molecule has 0 bridgehead atoms. The lowest BCUT2D eigenvalue weighted by Crippen LogP contribution is -2.12. The molecule has 0 saturated carbocycles. The van der Waals surface area contributed by atoms with Gasteiger partial charge in [0.15, 0.2) is 5.69 Å². The Hall–Kier alpha value is -3.55. The van der Waals surface area contributed by atoms with Gasteiger partial charge in [0.05, 0.1) is 0 Å². The van der Waals surface area contributed by atoms with Gasteiger partial charge in [0.25, 0.3) is 5.95 Å². The number of pyridine rings is 1. The third-order valence-corrected chi connectivity index (χ3v) is 3.83. The molecule has 3 heterocycles. The van der Waals surface area contributed by atoms with Gasteiger partial charge in [0.1, 0.15) is 17.6 Å². The molecule has 0 atom stereocenters. The first kappa shape index (κ1) is 20.2. The number of aryl methyl sites for hydroxylation is 1. The number of hydrogen-bond acceptors (Lipinski definition) is 7. The summed E-state index contributed by atoms with van der Waals surface area (Å²) in [6.45, 7) is 4.09. The first-order chi connectivity index (χ1) is 13.7. The lowest BCUT2D eigenvalue weighted by atomic mass is 10.1. The van der Waals surface area contributed by atoms with Crippen molar-refractivity contribution in [2.75, 3.05) is 5.32 Å². The van der Waals surface area contributed by atoms with Gasteiger partial charge in [-0.25, -0.2) is 9.67 Å². The van der Waals surface area contributed by atoms with E-state index in [-0.39, 0.29) is 17.6 Å². The van der Waals surface area contributed by atoms with Gasteiger partial charge in [-0.1, -0.05) is 13.8 Å². The average Bonchev–Trinajstić information content (AvgIpc) is 3.17. The average molecular weight is 402 g/mol. The van der Waals surface area contributed by atoms with Crippen LogP contribution in [0, 0.1) is 17.2 Å². The van der Waals surface area contributed by atoms with Gasteiger partial charge >= 0.3 is 6.18 Å². The van der Waals surface area contributed by atoms with Crippen molar-refractivity contribution in [2.24, 2.45) is 5.92 Å². The number of rotatable bonds is 6. The molecule has 0 radical (unpaired) electrons. The molecule has 11 heteroatoms. The third kappa shape index (κ3) is 5.25. The van der Waals surface area contributed by atoms with E-state index in [4.69, 9.17) is 5.26 Å². The molecule has 1 N–H and O–H groups in total. The van der Waals surface area contributed by atoms with Crippen LogP contribution in [0.3, 0.4) is 0 Å². The Balaban J connectivity index is 1.97. The number of anilines is 2. The van der Waals surface area contributed by atoms with E-state index in [1.54, 1.807) is 6.07 Å². The second-order valence-corrected chi connectivity index (χ2v) is 6.62. The molecule has 0 aliphatic carbocycles. The summed E-state index contributed by atoms with van der Waals surface area (Å²) in [5.74, 6) is 0.913. The molecule has 0 fully saturated rings. The van der Waals surface area contributed by atoms with Crippen LogP contribution in [0.1, 0.15) is 37.5 Å². The molecule has 0 aliphatic rings. The highest BCUT2D eigenvalue weighted by molar-refractivity contribution is 5.54. The smallest absolute Gasteiger partial charge is 0.324 e. The molecule has 3 aromatic heterocycles. The molecule has 0 unspecified atom stereocenters. The van der Waals surface area contributed by atoms with Crippen LogP contribution in [0.5, 0.6) is 0 Å². The van der Waals surface area contributed by atoms with E-state index < -0.39 is 11.9 Å². The van der Waals surface area contributed by atoms with E-state index in [9.17, 15) is 13.2 Å². The van der Waals surface area contributed by atoms with Gasteiger partial charge in [-0.2, -0.15) is 38.5 Å². The fraction of sp³-hybridized carbons (Fsp3) is 0.333. The maximum Gasteiger partial charge on any atom is 0.435 e. The van der Waals surface area contributed by atoms with E-state index in [2.05, 4.69) is 30.4 Å². The van der Waals surface area contributed by atoms with E-state index >= 15 is 0 Å². The number of nitrogens with one attached hydrogen (secondary N) is 1. The Morgan fingerprint density at radius 1 is 1.21 bits per heavy atom. The van der Waals surface area contributed by atoms with Gasteiger partial charge in [-0.15, -0.1) is 0 Å². The van der Waals surface area contributed by atoms with E-state index in [0.717, 1.165) is 23.4 Å². The van der Waals surface area contributed by atoms with Crippen LogP contribution < -0.4 is 5.32 Å². The minimum absolute atomic E-state index is 0.0358. The van der Waals surface area contributed by atoms with Gasteiger partial charge in [-0.05, 0) is 30.5 Å². The zero-order valence-electron chi connectivity index (χ0n) is 15.6. The standard InChI is InChI=1S/C18H17F3N8/c1-11(2)3-4-15-25-16(24-12-5-7-23-13(9-12)10-22)27-17(26-15)29-8-6-14(28-29)18(19,20)21/h5-9,11H,3-4H2,1-2H3,(H,23,24,25,26,27). The molecule has 0 saturated heterocycles. The topological polar surface area (TPSA) is 105 Å². The summed E-state index contributed by atoms with van der Waals surface area (Å²) in [4.78, 5) is 16.6. The normalized spacial score (nSPS) is 11.5. The Labute approximate surface area is 164 Å².